The van der Waals surface area contributed by atoms with E-state index in [4.69, 9.17) is 17.0 Å². The summed E-state index contributed by atoms with van der Waals surface area (Å²) in [6.07, 6.45) is 0.715. The number of nitrogens with zero attached hydrogens (tertiary/aromatic N) is 1. The topological polar surface area (TPSA) is 29.5 Å². The molecule has 5 heteroatoms. The van der Waals surface area contributed by atoms with Crippen LogP contribution in [0.15, 0.2) is 24.3 Å². The summed E-state index contributed by atoms with van der Waals surface area (Å²) in [7, 11) is 2.46. The zero-order valence-electron chi connectivity index (χ0n) is 14.8. The molecule has 0 fully saturated rings. The molecule has 0 bridgehead atoms. The number of thiocarbonyl (C=S) groups is 1. The summed E-state index contributed by atoms with van der Waals surface area (Å²) in [5.41, 5.74) is 4.53. The van der Waals surface area contributed by atoms with E-state index in [1.807, 2.05) is 31.1 Å². The molecule has 3 nitrogen and oxygen atoms in total. The normalized spacial score (nSPS) is 11.9. The van der Waals surface area contributed by atoms with E-state index in [2.05, 4.69) is 31.1 Å². The van der Waals surface area contributed by atoms with Gasteiger partial charge in [-0.25, -0.2) is 0 Å². The number of hydrogen-bond donors (Lipinski definition) is 0. The van der Waals surface area contributed by atoms with Gasteiger partial charge in [-0.3, -0.25) is 4.79 Å². The highest BCUT2D eigenvalue weighted by Crippen LogP contribution is 2.23. The first kappa shape index (κ1) is 19.4. The van der Waals surface area contributed by atoms with E-state index in [9.17, 15) is 4.79 Å². The van der Waals surface area contributed by atoms with Crippen LogP contribution in [-0.2, 0) is 4.79 Å². The van der Waals surface area contributed by atoms with E-state index >= 15 is 0 Å². The molecule has 0 aliphatic heterocycles. The van der Waals surface area contributed by atoms with Crippen molar-refractivity contribution in [2.75, 3.05) is 14.1 Å². The van der Waals surface area contributed by atoms with Crippen LogP contribution in [0.4, 0.5) is 0 Å². The lowest BCUT2D eigenvalue weighted by molar-refractivity contribution is -0.131. The first-order valence-corrected chi connectivity index (χ1v) is 11.5. The third-order valence-corrected chi connectivity index (χ3v) is 4.47. The van der Waals surface area contributed by atoms with E-state index < -0.39 is 8.07 Å². The van der Waals surface area contributed by atoms with Crippen molar-refractivity contribution in [3.05, 3.63) is 29.8 Å². The van der Waals surface area contributed by atoms with Gasteiger partial charge in [0.15, 0.2) is 0 Å². The molecule has 23 heavy (non-hydrogen) atoms. The average Bonchev–Trinajstić information content (AvgIpc) is 2.42. The number of carbonyl (C=O) groups excluding carboxylic acids is 1. The summed E-state index contributed by atoms with van der Waals surface area (Å²) in [5.74, 6) is 3.70. The summed E-state index contributed by atoms with van der Waals surface area (Å²) in [6.45, 7) is 8.08. The van der Waals surface area contributed by atoms with Crippen LogP contribution < -0.4 is 4.74 Å². The Bertz CT molecular complexity index is 621. The molecule has 1 rings (SSSR count). The third kappa shape index (κ3) is 7.44. The number of benzene rings is 1. The summed E-state index contributed by atoms with van der Waals surface area (Å²) in [6, 6.07) is 7.53. The molecular formula is C18H25NO2SSi. The molecule has 1 aromatic carbocycles. The van der Waals surface area contributed by atoms with Gasteiger partial charge >= 0.3 is 5.97 Å². The maximum atomic E-state index is 11.0. The van der Waals surface area contributed by atoms with Crippen LogP contribution in [0.2, 0.25) is 19.6 Å². The van der Waals surface area contributed by atoms with E-state index in [1.165, 1.54) is 6.92 Å². The van der Waals surface area contributed by atoms with Crippen LogP contribution in [0.5, 0.6) is 5.75 Å². The van der Waals surface area contributed by atoms with Crippen LogP contribution >= 0.6 is 12.2 Å². The Morgan fingerprint density at radius 3 is 2.26 bits per heavy atom. The van der Waals surface area contributed by atoms with Crippen LogP contribution in [0.25, 0.3) is 0 Å². The number of ether oxygens (including phenoxy) is 1. The van der Waals surface area contributed by atoms with E-state index in [0.29, 0.717) is 12.2 Å². The van der Waals surface area contributed by atoms with Gasteiger partial charge in [0, 0.05) is 27.4 Å². The maximum Gasteiger partial charge on any atom is 0.308 e. The lowest BCUT2D eigenvalue weighted by atomic mass is 9.96. The Morgan fingerprint density at radius 2 is 1.83 bits per heavy atom. The van der Waals surface area contributed by atoms with E-state index in [0.717, 1.165) is 10.6 Å². The second-order valence-electron chi connectivity index (χ2n) is 6.73. The molecule has 0 unspecified atom stereocenters. The molecule has 0 spiro atoms. The van der Waals surface area contributed by atoms with Crippen molar-refractivity contribution >= 4 is 31.2 Å². The molecular weight excluding hydrogens is 322 g/mol. The molecule has 0 amide bonds. The molecule has 0 aliphatic carbocycles. The summed E-state index contributed by atoms with van der Waals surface area (Å²) in [4.78, 5) is 13.8. The first-order chi connectivity index (χ1) is 10.6. The fraction of sp³-hybridized carbons (Fsp3) is 0.444. The smallest absolute Gasteiger partial charge is 0.308 e. The van der Waals surface area contributed by atoms with Crippen molar-refractivity contribution in [1.29, 1.82) is 0 Å². The highest BCUT2D eigenvalue weighted by molar-refractivity contribution is 7.80. The van der Waals surface area contributed by atoms with Crippen molar-refractivity contribution in [1.82, 2.24) is 4.90 Å². The Hall–Kier alpha value is -1.64. The minimum atomic E-state index is -1.45. The standard InChI is InChI=1S/C18H25NO2SSi/c1-14(20)21-17-9-7-15(8-10-17)16(11-12-23(4,5)6)13-18(22)19(2)3/h7-10,16H,13H2,1-6H3/t16-/m1/s1. The fourth-order valence-corrected chi connectivity index (χ4v) is 2.62. The van der Waals surface area contributed by atoms with Gasteiger partial charge in [-0.15, -0.1) is 11.5 Å². The van der Waals surface area contributed by atoms with Crippen LogP contribution in [0.3, 0.4) is 0 Å². The fourth-order valence-electron chi connectivity index (χ4n) is 1.85. The molecule has 0 N–H and O–H groups in total. The second-order valence-corrected chi connectivity index (χ2v) is 11.9. The lowest BCUT2D eigenvalue weighted by Gasteiger charge is -2.18. The molecule has 0 saturated heterocycles. The zero-order chi connectivity index (χ0) is 17.6. The number of esters is 1. The van der Waals surface area contributed by atoms with Gasteiger partial charge < -0.3 is 9.64 Å². The Kier molecular flexibility index (Phi) is 6.98. The van der Waals surface area contributed by atoms with Crippen LogP contribution in [-0.4, -0.2) is 38.0 Å². The summed E-state index contributed by atoms with van der Waals surface area (Å²) >= 11 is 5.44. The highest BCUT2D eigenvalue weighted by atomic mass is 32.1. The van der Waals surface area contributed by atoms with Crippen molar-refractivity contribution in [3.63, 3.8) is 0 Å². The summed E-state index contributed by atoms with van der Waals surface area (Å²) in [5, 5.41) is 0. The first-order valence-electron chi connectivity index (χ1n) is 7.60. The van der Waals surface area contributed by atoms with Gasteiger partial charge in [-0.1, -0.05) is 44.0 Å². The predicted molar refractivity (Wildman–Crippen MR) is 103 cm³/mol. The van der Waals surface area contributed by atoms with Crippen LogP contribution in [0.1, 0.15) is 24.8 Å². The molecule has 1 atom stereocenters. The van der Waals surface area contributed by atoms with E-state index in [1.54, 1.807) is 12.1 Å². The number of carbonyl (C=O) groups is 1. The zero-order valence-corrected chi connectivity index (χ0v) is 16.6. The molecule has 1 aromatic rings. The van der Waals surface area contributed by atoms with Gasteiger partial charge in [0.2, 0.25) is 0 Å². The van der Waals surface area contributed by atoms with Crippen molar-refractivity contribution in [2.24, 2.45) is 0 Å². The predicted octanol–water partition coefficient (Wildman–Crippen LogP) is 3.86. The van der Waals surface area contributed by atoms with Crippen LogP contribution in [0, 0.1) is 11.5 Å². The largest absolute Gasteiger partial charge is 0.427 e. The van der Waals surface area contributed by atoms with Gasteiger partial charge in [0.1, 0.15) is 13.8 Å². The monoisotopic (exact) mass is 347 g/mol. The summed E-state index contributed by atoms with van der Waals surface area (Å²) < 4.78 is 5.08. The molecule has 0 saturated carbocycles. The third-order valence-electron chi connectivity index (χ3n) is 3.04. The Morgan fingerprint density at radius 1 is 1.26 bits per heavy atom. The van der Waals surface area contributed by atoms with Gasteiger partial charge in [0.25, 0.3) is 0 Å². The van der Waals surface area contributed by atoms with Crippen molar-refractivity contribution in [3.8, 4) is 17.2 Å². The van der Waals surface area contributed by atoms with Gasteiger partial charge in [-0.2, -0.15) is 0 Å². The lowest BCUT2D eigenvalue weighted by Crippen LogP contribution is -2.22. The van der Waals surface area contributed by atoms with Gasteiger partial charge in [0.05, 0.1) is 10.9 Å². The van der Waals surface area contributed by atoms with Crippen molar-refractivity contribution in [2.45, 2.75) is 38.9 Å². The Labute approximate surface area is 146 Å². The molecule has 124 valence electrons. The molecule has 0 aromatic heterocycles. The maximum absolute atomic E-state index is 11.0. The SMILES string of the molecule is CC(=O)Oc1ccc([C@H](C#C[Si](C)(C)C)CC(=S)N(C)C)cc1. The molecule has 0 aliphatic rings. The minimum absolute atomic E-state index is 0.0583. The Balaban J connectivity index is 3.05. The minimum Gasteiger partial charge on any atom is -0.427 e. The molecule has 0 heterocycles. The average molecular weight is 348 g/mol. The number of rotatable bonds is 4. The number of hydrogen-bond acceptors (Lipinski definition) is 3. The van der Waals surface area contributed by atoms with Crippen molar-refractivity contribution < 1.29 is 9.53 Å². The quantitative estimate of drug-likeness (QED) is 0.272. The van der Waals surface area contributed by atoms with E-state index in [-0.39, 0.29) is 11.9 Å². The molecule has 0 radical (unpaired) electrons. The van der Waals surface area contributed by atoms with Gasteiger partial charge in [-0.05, 0) is 17.7 Å². The second kappa shape index (κ2) is 8.28. The highest BCUT2D eigenvalue weighted by Gasteiger charge is 2.15.